The summed E-state index contributed by atoms with van der Waals surface area (Å²) in [6, 6.07) is 7.85. The Morgan fingerprint density at radius 2 is 2.06 bits per heavy atom. The van der Waals surface area contributed by atoms with Crippen LogP contribution in [0.4, 0.5) is 0 Å². The molecule has 2 N–H and O–H groups in total. The van der Waals surface area contributed by atoms with E-state index in [-0.39, 0.29) is 0 Å². The maximum Gasteiger partial charge on any atom is 0.0894 e. The number of nitrogens with zero attached hydrogens (tertiary/aromatic N) is 2. The van der Waals surface area contributed by atoms with Gasteiger partial charge in [-0.2, -0.15) is 0 Å². The number of hydrogen-bond donors (Lipinski definition) is 1. The van der Waals surface area contributed by atoms with Crippen molar-refractivity contribution in [2.45, 2.75) is 13.3 Å². The fraction of sp³-hybridized carbons (Fsp3) is 0.231. The highest BCUT2D eigenvalue weighted by molar-refractivity contribution is 5.74. The largest absolute Gasteiger partial charge is 0.327 e. The minimum absolute atomic E-state index is 0.574. The first kappa shape index (κ1) is 10.8. The van der Waals surface area contributed by atoms with Gasteiger partial charge in [-0.3, -0.25) is 4.98 Å². The highest BCUT2D eigenvalue weighted by Crippen LogP contribution is 2.11. The lowest BCUT2D eigenvalue weighted by atomic mass is 10.1. The van der Waals surface area contributed by atoms with Crippen LogP contribution >= 0.6 is 0 Å². The summed E-state index contributed by atoms with van der Waals surface area (Å²) in [6.07, 6.45) is 4.75. The Kier molecular flexibility index (Phi) is 3.27. The molecule has 82 valence electrons. The van der Waals surface area contributed by atoms with Crippen LogP contribution in [-0.4, -0.2) is 16.5 Å². The SMILES string of the molecule is CCC(=Cc1cnc2ccccc2n1)CN. The molecule has 0 fully saturated rings. The van der Waals surface area contributed by atoms with E-state index in [2.05, 4.69) is 16.9 Å². The van der Waals surface area contributed by atoms with E-state index in [9.17, 15) is 0 Å². The summed E-state index contributed by atoms with van der Waals surface area (Å²) in [4.78, 5) is 8.87. The van der Waals surface area contributed by atoms with Crippen LogP contribution in [0.1, 0.15) is 19.0 Å². The second kappa shape index (κ2) is 4.86. The zero-order chi connectivity index (χ0) is 11.4. The van der Waals surface area contributed by atoms with E-state index in [1.165, 1.54) is 5.57 Å². The number of aromatic nitrogens is 2. The summed E-state index contributed by atoms with van der Waals surface area (Å²) in [5, 5.41) is 0. The van der Waals surface area contributed by atoms with Gasteiger partial charge < -0.3 is 5.73 Å². The lowest BCUT2D eigenvalue weighted by Crippen LogP contribution is -2.02. The lowest BCUT2D eigenvalue weighted by Gasteiger charge is -2.01. The number of para-hydroxylation sites is 2. The van der Waals surface area contributed by atoms with E-state index in [4.69, 9.17) is 5.73 Å². The van der Waals surface area contributed by atoms with Crippen LogP contribution in [0.15, 0.2) is 36.0 Å². The number of benzene rings is 1. The summed E-state index contributed by atoms with van der Waals surface area (Å²) in [5.74, 6) is 0. The molecule has 0 aliphatic rings. The van der Waals surface area contributed by atoms with Crippen molar-refractivity contribution in [3.05, 3.63) is 41.7 Å². The van der Waals surface area contributed by atoms with Gasteiger partial charge in [0.15, 0.2) is 0 Å². The smallest absolute Gasteiger partial charge is 0.0894 e. The van der Waals surface area contributed by atoms with Gasteiger partial charge in [0, 0.05) is 6.54 Å². The first-order valence-corrected chi connectivity index (χ1v) is 5.44. The van der Waals surface area contributed by atoms with Gasteiger partial charge in [-0.05, 0) is 24.6 Å². The number of hydrogen-bond acceptors (Lipinski definition) is 3. The fourth-order valence-corrected chi connectivity index (χ4v) is 1.56. The molecule has 1 aromatic carbocycles. The van der Waals surface area contributed by atoms with E-state index in [0.29, 0.717) is 6.54 Å². The van der Waals surface area contributed by atoms with E-state index in [0.717, 1.165) is 23.1 Å². The molecular weight excluding hydrogens is 198 g/mol. The highest BCUT2D eigenvalue weighted by atomic mass is 14.8. The summed E-state index contributed by atoms with van der Waals surface area (Å²) in [6.45, 7) is 2.66. The molecule has 0 aliphatic carbocycles. The van der Waals surface area contributed by atoms with E-state index in [1.54, 1.807) is 6.20 Å². The van der Waals surface area contributed by atoms with Crippen molar-refractivity contribution in [2.75, 3.05) is 6.54 Å². The quantitative estimate of drug-likeness (QED) is 0.851. The Bertz CT molecular complexity index is 511. The molecule has 0 amide bonds. The minimum Gasteiger partial charge on any atom is -0.327 e. The molecule has 0 bridgehead atoms. The van der Waals surface area contributed by atoms with Gasteiger partial charge >= 0.3 is 0 Å². The zero-order valence-electron chi connectivity index (χ0n) is 9.35. The van der Waals surface area contributed by atoms with Crippen molar-refractivity contribution in [1.82, 2.24) is 9.97 Å². The van der Waals surface area contributed by atoms with Crippen LogP contribution in [0.25, 0.3) is 17.1 Å². The standard InChI is InChI=1S/C13H15N3/c1-2-10(8-14)7-11-9-15-12-5-3-4-6-13(12)16-11/h3-7,9H,2,8,14H2,1H3. The molecule has 2 rings (SSSR count). The summed E-state index contributed by atoms with van der Waals surface area (Å²) in [7, 11) is 0. The van der Waals surface area contributed by atoms with Gasteiger partial charge in [-0.15, -0.1) is 0 Å². The van der Waals surface area contributed by atoms with E-state index in [1.807, 2.05) is 30.3 Å². The Labute approximate surface area is 95.0 Å². The Morgan fingerprint density at radius 3 is 2.75 bits per heavy atom. The molecule has 1 heterocycles. The van der Waals surface area contributed by atoms with Crippen molar-refractivity contribution in [3.8, 4) is 0 Å². The van der Waals surface area contributed by atoms with Gasteiger partial charge in [0.1, 0.15) is 0 Å². The molecule has 0 spiro atoms. The molecular formula is C13H15N3. The predicted molar refractivity (Wildman–Crippen MR) is 66.9 cm³/mol. The number of nitrogens with two attached hydrogens (primary N) is 1. The topological polar surface area (TPSA) is 51.8 Å². The van der Waals surface area contributed by atoms with Gasteiger partial charge in [0.05, 0.1) is 22.9 Å². The van der Waals surface area contributed by atoms with Crippen molar-refractivity contribution < 1.29 is 0 Å². The third kappa shape index (κ3) is 2.25. The van der Waals surface area contributed by atoms with Crippen molar-refractivity contribution >= 4 is 17.1 Å². The minimum atomic E-state index is 0.574. The zero-order valence-corrected chi connectivity index (χ0v) is 9.35. The molecule has 0 aliphatic heterocycles. The van der Waals surface area contributed by atoms with Gasteiger partial charge in [-0.25, -0.2) is 4.98 Å². The van der Waals surface area contributed by atoms with Crippen LogP contribution in [0, 0.1) is 0 Å². The maximum atomic E-state index is 5.63. The normalized spacial score (nSPS) is 12.0. The molecule has 0 radical (unpaired) electrons. The third-order valence-corrected chi connectivity index (χ3v) is 2.54. The first-order chi connectivity index (χ1) is 7.83. The molecule has 0 saturated carbocycles. The molecule has 0 saturated heterocycles. The molecule has 0 atom stereocenters. The molecule has 3 heteroatoms. The maximum absolute atomic E-state index is 5.63. The van der Waals surface area contributed by atoms with Crippen LogP contribution < -0.4 is 5.73 Å². The Balaban J connectivity index is 2.43. The molecule has 1 aromatic heterocycles. The second-order valence-corrected chi connectivity index (χ2v) is 3.64. The van der Waals surface area contributed by atoms with Crippen molar-refractivity contribution in [3.63, 3.8) is 0 Å². The van der Waals surface area contributed by atoms with Crippen molar-refractivity contribution in [2.24, 2.45) is 5.73 Å². The van der Waals surface area contributed by atoms with Gasteiger partial charge in [-0.1, -0.05) is 24.6 Å². The van der Waals surface area contributed by atoms with Gasteiger partial charge in [0.25, 0.3) is 0 Å². The van der Waals surface area contributed by atoms with Gasteiger partial charge in [0.2, 0.25) is 0 Å². The molecule has 3 nitrogen and oxygen atoms in total. The van der Waals surface area contributed by atoms with E-state index >= 15 is 0 Å². The van der Waals surface area contributed by atoms with E-state index < -0.39 is 0 Å². The molecule has 0 unspecified atom stereocenters. The molecule has 2 aromatic rings. The second-order valence-electron chi connectivity index (χ2n) is 3.64. The Morgan fingerprint density at radius 1 is 1.31 bits per heavy atom. The number of rotatable bonds is 3. The van der Waals surface area contributed by atoms with Crippen LogP contribution in [0.3, 0.4) is 0 Å². The van der Waals surface area contributed by atoms with Crippen LogP contribution in [-0.2, 0) is 0 Å². The van der Waals surface area contributed by atoms with Crippen LogP contribution in [0.2, 0.25) is 0 Å². The summed E-state index contributed by atoms with van der Waals surface area (Å²) >= 11 is 0. The van der Waals surface area contributed by atoms with Crippen molar-refractivity contribution in [1.29, 1.82) is 0 Å². The predicted octanol–water partition coefficient (Wildman–Crippen LogP) is 2.38. The molecule has 16 heavy (non-hydrogen) atoms. The average Bonchev–Trinajstić information content (AvgIpc) is 2.35. The lowest BCUT2D eigenvalue weighted by molar-refractivity contribution is 1.02. The third-order valence-electron chi connectivity index (χ3n) is 2.54. The first-order valence-electron chi connectivity index (χ1n) is 5.44. The monoisotopic (exact) mass is 213 g/mol. The summed E-state index contributed by atoms with van der Waals surface area (Å²) in [5.41, 5.74) is 9.53. The Hall–Kier alpha value is -1.74. The summed E-state index contributed by atoms with van der Waals surface area (Å²) < 4.78 is 0. The number of fused-ring (bicyclic) bond motifs is 1. The highest BCUT2D eigenvalue weighted by Gasteiger charge is 1.98. The fourth-order valence-electron chi connectivity index (χ4n) is 1.56. The average molecular weight is 213 g/mol. The van der Waals surface area contributed by atoms with Crippen LogP contribution in [0.5, 0.6) is 0 Å².